The van der Waals surface area contributed by atoms with Crippen molar-refractivity contribution < 1.29 is 4.39 Å². The summed E-state index contributed by atoms with van der Waals surface area (Å²) in [7, 11) is 0. The Balaban J connectivity index is 1.99. The van der Waals surface area contributed by atoms with Crippen LogP contribution in [0.5, 0.6) is 0 Å². The molecule has 0 bridgehead atoms. The topological polar surface area (TPSA) is 12.0 Å². The fraction of sp³-hybridized carbons (Fsp3) is 0.500. The lowest BCUT2D eigenvalue weighted by Crippen LogP contribution is -2.33. The molecular weight excluding hydrogens is 213 g/mol. The molecule has 1 heterocycles. The van der Waals surface area contributed by atoms with Gasteiger partial charge in [-0.25, -0.2) is 4.39 Å². The predicted molar refractivity (Wildman–Crippen MR) is 61.1 cm³/mol. The van der Waals surface area contributed by atoms with E-state index in [0.717, 1.165) is 24.9 Å². The lowest BCUT2D eigenvalue weighted by molar-refractivity contribution is 0.264. The van der Waals surface area contributed by atoms with Gasteiger partial charge in [0.25, 0.3) is 0 Å². The maximum absolute atomic E-state index is 13.9. The highest BCUT2D eigenvalue weighted by Crippen LogP contribution is 2.21. The second kappa shape index (κ2) is 4.95. The molecule has 1 N–H and O–H groups in total. The van der Waals surface area contributed by atoms with Gasteiger partial charge in [-0.05, 0) is 31.0 Å². The molecular formula is C12H15ClFN. The van der Waals surface area contributed by atoms with E-state index in [0.29, 0.717) is 11.4 Å². The Morgan fingerprint density at radius 3 is 2.93 bits per heavy atom. The molecule has 1 aromatic rings. The van der Waals surface area contributed by atoms with Crippen LogP contribution >= 0.6 is 11.6 Å². The van der Waals surface area contributed by atoms with Gasteiger partial charge in [-0.3, -0.25) is 0 Å². The summed E-state index contributed by atoms with van der Waals surface area (Å²) in [6, 6.07) is 7.49. The van der Waals surface area contributed by atoms with E-state index in [9.17, 15) is 4.39 Å². The third-order valence-electron chi connectivity index (χ3n) is 2.91. The second-order valence-corrected chi connectivity index (χ2v) is 4.42. The van der Waals surface area contributed by atoms with Crippen molar-refractivity contribution >= 4 is 11.6 Å². The van der Waals surface area contributed by atoms with Crippen molar-refractivity contribution in [3.05, 3.63) is 34.9 Å². The number of benzene rings is 1. The molecule has 0 spiro atoms. The van der Waals surface area contributed by atoms with Crippen LogP contribution in [-0.4, -0.2) is 18.8 Å². The molecule has 1 saturated heterocycles. The predicted octanol–water partition coefficient (Wildman–Crippen LogP) is 2.97. The third-order valence-corrected chi connectivity index (χ3v) is 3.28. The highest BCUT2D eigenvalue weighted by Gasteiger charge is 2.24. The van der Waals surface area contributed by atoms with E-state index < -0.39 is 6.17 Å². The SMILES string of the molecule is FC(Cc1ccccc1Cl)C1CCCN1. The minimum Gasteiger partial charge on any atom is -0.311 e. The van der Waals surface area contributed by atoms with Gasteiger partial charge in [0.1, 0.15) is 6.17 Å². The molecule has 0 amide bonds. The van der Waals surface area contributed by atoms with Crippen molar-refractivity contribution in [3.8, 4) is 0 Å². The minimum absolute atomic E-state index is 0.0151. The molecule has 1 aliphatic rings. The van der Waals surface area contributed by atoms with E-state index in [4.69, 9.17) is 11.6 Å². The molecule has 0 saturated carbocycles. The van der Waals surface area contributed by atoms with Crippen molar-refractivity contribution in [2.75, 3.05) is 6.54 Å². The molecule has 2 rings (SSSR count). The number of rotatable bonds is 3. The number of hydrogen-bond acceptors (Lipinski definition) is 1. The molecule has 82 valence electrons. The van der Waals surface area contributed by atoms with Gasteiger partial charge in [-0.1, -0.05) is 29.8 Å². The summed E-state index contributed by atoms with van der Waals surface area (Å²) in [6.07, 6.45) is 1.60. The maximum atomic E-state index is 13.9. The van der Waals surface area contributed by atoms with E-state index in [2.05, 4.69) is 5.32 Å². The summed E-state index contributed by atoms with van der Waals surface area (Å²) in [4.78, 5) is 0. The zero-order chi connectivity index (χ0) is 10.7. The van der Waals surface area contributed by atoms with Crippen LogP contribution in [0.25, 0.3) is 0 Å². The molecule has 15 heavy (non-hydrogen) atoms. The molecule has 1 fully saturated rings. The molecule has 0 aliphatic carbocycles. The Bertz CT molecular complexity index is 323. The smallest absolute Gasteiger partial charge is 0.119 e. The molecule has 1 aliphatic heterocycles. The molecule has 0 aromatic heterocycles. The van der Waals surface area contributed by atoms with Crippen molar-refractivity contribution in [2.24, 2.45) is 0 Å². The standard InChI is InChI=1S/C12H15ClFN/c13-10-5-2-1-4-9(10)8-11(14)12-6-3-7-15-12/h1-2,4-5,11-12,15H,3,6-8H2. The van der Waals surface area contributed by atoms with Crippen molar-refractivity contribution in [1.29, 1.82) is 0 Å². The first-order valence-corrected chi connectivity index (χ1v) is 5.76. The van der Waals surface area contributed by atoms with E-state index >= 15 is 0 Å². The first-order valence-electron chi connectivity index (χ1n) is 5.38. The molecule has 1 nitrogen and oxygen atoms in total. The van der Waals surface area contributed by atoms with Crippen molar-refractivity contribution in [1.82, 2.24) is 5.32 Å². The van der Waals surface area contributed by atoms with Crippen LogP contribution in [0, 0.1) is 0 Å². The number of hydrogen-bond donors (Lipinski definition) is 1. The van der Waals surface area contributed by atoms with E-state index in [1.54, 1.807) is 0 Å². The summed E-state index contributed by atoms with van der Waals surface area (Å²) in [5.41, 5.74) is 0.903. The lowest BCUT2D eigenvalue weighted by atomic mass is 10.0. The zero-order valence-corrected chi connectivity index (χ0v) is 9.30. The number of alkyl halides is 1. The van der Waals surface area contributed by atoms with E-state index in [-0.39, 0.29) is 6.04 Å². The normalized spacial score (nSPS) is 22.9. The summed E-state index contributed by atoms with van der Waals surface area (Å²) >= 11 is 5.99. The zero-order valence-electron chi connectivity index (χ0n) is 8.55. The first kappa shape index (κ1) is 10.9. The second-order valence-electron chi connectivity index (χ2n) is 4.01. The first-order chi connectivity index (χ1) is 7.27. The van der Waals surface area contributed by atoms with Crippen LogP contribution in [-0.2, 0) is 6.42 Å². The van der Waals surface area contributed by atoms with Crippen LogP contribution in [0.4, 0.5) is 4.39 Å². The molecule has 2 unspecified atom stereocenters. The molecule has 2 atom stereocenters. The molecule has 0 radical (unpaired) electrons. The van der Waals surface area contributed by atoms with Gasteiger partial charge in [0, 0.05) is 17.5 Å². The Labute approximate surface area is 94.6 Å². The summed E-state index contributed by atoms with van der Waals surface area (Å²) in [6.45, 7) is 0.938. The van der Waals surface area contributed by atoms with E-state index in [1.165, 1.54) is 0 Å². The van der Waals surface area contributed by atoms with Crippen LogP contribution in [0.3, 0.4) is 0 Å². The highest BCUT2D eigenvalue weighted by molar-refractivity contribution is 6.31. The average Bonchev–Trinajstić information content (AvgIpc) is 2.74. The van der Waals surface area contributed by atoms with Gasteiger partial charge in [-0.2, -0.15) is 0 Å². The Morgan fingerprint density at radius 2 is 2.27 bits per heavy atom. The average molecular weight is 228 g/mol. The van der Waals surface area contributed by atoms with E-state index in [1.807, 2.05) is 24.3 Å². The van der Waals surface area contributed by atoms with Crippen molar-refractivity contribution in [3.63, 3.8) is 0 Å². The van der Waals surface area contributed by atoms with Crippen LogP contribution < -0.4 is 5.32 Å². The Morgan fingerprint density at radius 1 is 1.47 bits per heavy atom. The Kier molecular flexibility index (Phi) is 3.60. The quantitative estimate of drug-likeness (QED) is 0.837. The summed E-state index contributed by atoms with van der Waals surface area (Å²) in [5, 5.41) is 3.84. The molecule has 1 aromatic carbocycles. The van der Waals surface area contributed by atoms with Gasteiger partial charge in [0.05, 0.1) is 0 Å². The summed E-state index contributed by atoms with van der Waals surface area (Å²) < 4.78 is 13.9. The third kappa shape index (κ3) is 2.70. The number of nitrogens with one attached hydrogen (secondary N) is 1. The van der Waals surface area contributed by atoms with Crippen LogP contribution in [0.1, 0.15) is 18.4 Å². The minimum atomic E-state index is -0.826. The lowest BCUT2D eigenvalue weighted by Gasteiger charge is -2.16. The fourth-order valence-electron chi connectivity index (χ4n) is 2.04. The van der Waals surface area contributed by atoms with Gasteiger partial charge < -0.3 is 5.32 Å². The maximum Gasteiger partial charge on any atom is 0.119 e. The largest absolute Gasteiger partial charge is 0.311 e. The van der Waals surface area contributed by atoms with Crippen LogP contribution in [0.2, 0.25) is 5.02 Å². The summed E-state index contributed by atoms with van der Waals surface area (Å²) in [5.74, 6) is 0. The monoisotopic (exact) mass is 227 g/mol. The fourth-order valence-corrected chi connectivity index (χ4v) is 2.25. The highest BCUT2D eigenvalue weighted by atomic mass is 35.5. The Hall–Kier alpha value is -0.600. The van der Waals surface area contributed by atoms with Gasteiger partial charge in [-0.15, -0.1) is 0 Å². The van der Waals surface area contributed by atoms with Crippen LogP contribution in [0.15, 0.2) is 24.3 Å². The van der Waals surface area contributed by atoms with Gasteiger partial charge in [0.2, 0.25) is 0 Å². The van der Waals surface area contributed by atoms with Crippen molar-refractivity contribution in [2.45, 2.75) is 31.5 Å². The van der Waals surface area contributed by atoms with Gasteiger partial charge in [0.15, 0.2) is 0 Å². The van der Waals surface area contributed by atoms with Gasteiger partial charge >= 0.3 is 0 Å². The molecule has 3 heteroatoms. The number of halogens is 2.